The van der Waals surface area contributed by atoms with Crippen LogP contribution in [0.2, 0.25) is 0 Å². The lowest BCUT2D eigenvalue weighted by atomic mass is 10.0. The van der Waals surface area contributed by atoms with Crippen molar-refractivity contribution in [1.82, 2.24) is 4.98 Å². The number of nitrogens with zero attached hydrogens (tertiary/aromatic N) is 1. The largest absolute Gasteiger partial charge is 0.368 e. The van der Waals surface area contributed by atoms with E-state index in [1.54, 1.807) is 11.8 Å². The van der Waals surface area contributed by atoms with E-state index in [1.165, 1.54) is 0 Å². The third kappa shape index (κ3) is 4.83. The van der Waals surface area contributed by atoms with Gasteiger partial charge >= 0.3 is 0 Å². The first-order valence-corrected chi connectivity index (χ1v) is 8.97. The zero-order chi connectivity index (χ0) is 16.8. The second-order valence-corrected chi connectivity index (χ2v) is 7.15. The van der Waals surface area contributed by atoms with E-state index in [2.05, 4.69) is 31.1 Å². The van der Waals surface area contributed by atoms with E-state index in [0.29, 0.717) is 6.42 Å². The van der Waals surface area contributed by atoms with E-state index in [9.17, 15) is 4.79 Å². The monoisotopic (exact) mass is 328 g/mol. The highest BCUT2D eigenvalue weighted by Gasteiger charge is 2.15. The summed E-state index contributed by atoms with van der Waals surface area (Å²) in [5, 5.41) is 3.33. The standard InChI is InChI=1S/C19H24N2OS/c1-5-23-18-9-7-6-8-16(18)17(22)11-15-10-14(4)12-20-19(15)21-13(2)3/h6-10,12-13H,5,11H2,1-4H3,(H,20,21). The van der Waals surface area contributed by atoms with Crippen molar-refractivity contribution in [2.45, 2.75) is 45.1 Å². The maximum atomic E-state index is 12.8. The number of carbonyl (C=O) groups excluding carboxylic acids is 1. The highest BCUT2D eigenvalue weighted by Crippen LogP contribution is 2.25. The van der Waals surface area contributed by atoms with Crippen LogP contribution in [-0.2, 0) is 6.42 Å². The maximum Gasteiger partial charge on any atom is 0.168 e. The van der Waals surface area contributed by atoms with E-state index < -0.39 is 0 Å². The van der Waals surface area contributed by atoms with Crippen molar-refractivity contribution in [3.05, 3.63) is 53.2 Å². The summed E-state index contributed by atoms with van der Waals surface area (Å²) < 4.78 is 0. The normalized spacial score (nSPS) is 10.8. The van der Waals surface area contributed by atoms with Crippen LogP contribution in [0.25, 0.3) is 0 Å². The van der Waals surface area contributed by atoms with Gasteiger partial charge in [-0.1, -0.05) is 31.2 Å². The summed E-state index contributed by atoms with van der Waals surface area (Å²) in [6, 6.07) is 10.2. The number of aryl methyl sites for hydroxylation is 1. The summed E-state index contributed by atoms with van der Waals surface area (Å²) in [7, 11) is 0. The first-order chi connectivity index (χ1) is 11.0. The van der Waals surface area contributed by atoms with E-state index in [1.807, 2.05) is 43.5 Å². The van der Waals surface area contributed by atoms with Gasteiger partial charge in [-0.2, -0.15) is 0 Å². The van der Waals surface area contributed by atoms with E-state index in [4.69, 9.17) is 0 Å². The van der Waals surface area contributed by atoms with Crippen molar-refractivity contribution in [1.29, 1.82) is 0 Å². The molecule has 0 aliphatic heterocycles. The summed E-state index contributed by atoms with van der Waals surface area (Å²) in [6.07, 6.45) is 2.20. The lowest BCUT2D eigenvalue weighted by molar-refractivity contribution is 0.0990. The van der Waals surface area contributed by atoms with Crippen LogP contribution in [0.1, 0.15) is 42.3 Å². The number of nitrogens with one attached hydrogen (secondary N) is 1. The van der Waals surface area contributed by atoms with Crippen LogP contribution in [0.15, 0.2) is 41.4 Å². The predicted molar refractivity (Wildman–Crippen MR) is 98.6 cm³/mol. The molecule has 0 bridgehead atoms. The Labute approximate surface area is 142 Å². The number of aromatic nitrogens is 1. The Morgan fingerprint density at radius 3 is 2.74 bits per heavy atom. The molecule has 4 heteroatoms. The zero-order valence-corrected chi connectivity index (χ0v) is 15.0. The summed E-state index contributed by atoms with van der Waals surface area (Å²) in [6.45, 7) is 8.24. The molecule has 0 saturated carbocycles. The molecule has 1 aromatic carbocycles. The summed E-state index contributed by atoms with van der Waals surface area (Å²) in [5.41, 5.74) is 2.83. The third-order valence-electron chi connectivity index (χ3n) is 3.37. The molecule has 1 N–H and O–H groups in total. The summed E-state index contributed by atoms with van der Waals surface area (Å²) in [5.74, 6) is 1.90. The van der Waals surface area contributed by atoms with Crippen molar-refractivity contribution in [2.24, 2.45) is 0 Å². The van der Waals surface area contributed by atoms with Gasteiger partial charge in [-0.25, -0.2) is 4.98 Å². The number of carbonyl (C=O) groups is 1. The average molecular weight is 328 g/mol. The van der Waals surface area contributed by atoms with E-state index in [-0.39, 0.29) is 11.8 Å². The van der Waals surface area contributed by atoms with Gasteiger partial charge in [0, 0.05) is 34.7 Å². The minimum atomic E-state index is 0.140. The van der Waals surface area contributed by atoms with Gasteiger partial charge in [0.2, 0.25) is 0 Å². The smallest absolute Gasteiger partial charge is 0.168 e. The van der Waals surface area contributed by atoms with Crippen molar-refractivity contribution < 1.29 is 4.79 Å². The van der Waals surface area contributed by atoms with Crippen LogP contribution >= 0.6 is 11.8 Å². The molecule has 0 aliphatic rings. The Morgan fingerprint density at radius 1 is 1.30 bits per heavy atom. The lowest BCUT2D eigenvalue weighted by Crippen LogP contribution is -2.15. The first-order valence-electron chi connectivity index (χ1n) is 7.98. The number of Topliss-reactive ketones (excluding diaryl/α,β-unsaturated/α-hetero) is 1. The minimum Gasteiger partial charge on any atom is -0.368 e. The minimum absolute atomic E-state index is 0.140. The number of hydrogen-bond acceptors (Lipinski definition) is 4. The van der Waals surface area contributed by atoms with Crippen LogP contribution in [0.5, 0.6) is 0 Å². The molecular formula is C19H24N2OS. The molecule has 0 aliphatic carbocycles. The fourth-order valence-corrected chi connectivity index (χ4v) is 3.24. The number of ketones is 1. The van der Waals surface area contributed by atoms with Gasteiger partial charge in [-0.3, -0.25) is 4.79 Å². The Balaban J connectivity index is 2.28. The second-order valence-electron chi connectivity index (χ2n) is 5.85. The van der Waals surface area contributed by atoms with Crippen molar-refractivity contribution in [3.8, 4) is 0 Å². The molecule has 1 aromatic heterocycles. The molecule has 2 rings (SSSR count). The van der Waals surface area contributed by atoms with Gasteiger partial charge in [0.1, 0.15) is 5.82 Å². The molecule has 0 amide bonds. The van der Waals surface area contributed by atoms with Crippen LogP contribution in [0.4, 0.5) is 5.82 Å². The molecule has 0 saturated heterocycles. The number of rotatable bonds is 7. The number of benzene rings is 1. The van der Waals surface area contributed by atoms with Crippen molar-refractivity contribution >= 4 is 23.4 Å². The molecule has 2 aromatic rings. The van der Waals surface area contributed by atoms with Crippen LogP contribution in [-0.4, -0.2) is 22.6 Å². The molecular weight excluding hydrogens is 304 g/mol. The Hall–Kier alpha value is -1.81. The maximum absolute atomic E-state index is 12.8. The molecule has 0 radical (unpaired) electrons. The Bertz CT molecular complexity index is 683. The molecule has 122 valence electrons. The predicted octanol–water partition coefficient (Wildman–Crippen LogP) is 4.75. The van der Waals surface area contributed by atoms with Gasteiger partial charge in [0.25, 0.3) is 0 Å². The molecule has 0 atom stereocenters. The number of hydrogen-bond donors (Lipinski definition) is 1. The molecule has 3 nitrogen and oxygen atoms in total. The number of pyridine rings is 1. The van der Waals surface area contributed by atoms with Gasteiger partial charge in [0.15, 0.2) is 5.78 Å². The summed E-state index contributed by atoms with van der Waals surface area (Å²) in [4.78, 5) is 18.3. The highest BCUT2D eigenvalue weighted by atomic mass is 32.2. The quantitative estimate of drug-likeness (QED) is 0.588. The van der Waals surface area contributed by atoms with E-state index >= 15 is 0 Å². The van der Waals surface area contributed by atoms with Gasteiger partial charge < -0.3 is 5.32 Å². The van der Waals surface area contributed by atoms with Gasteiger partial charge in [-0.15, -0.1) is 11.8 Å². The topological polar surface area (TPSA) is 42.0 Å². The fourth-order valence-electron chi connectivity index (χ4n) is 2.41. The fraction of sp³-hybridized carbons (Fsp3) is 0.368. The van der Waals surface area contributed by atoms with Crippen molar-refractivity contribution in [3.63, 3.8) is 0 Å². The third-order valence-corrected chi connectivity index (χ3v) is 4.32. The lowest BCUT2D eigenvalue weighted by Gasteiger charge is -2.14. The van der Waals surface area contributed by atoms with E-state index in [0.717, 1.165) is 33.2 Å². The van der Waals surface area contributed by atoms with Gasteiger partial charge in [-0.05, 0) is 38.2 Å². The molecule has 0 fully saturated rings. The summed E-state index contributed by atoms with van der Waals surface area (Å²) >= 11 is 1.71. The van der Waals surface area contributed by atoms with Gasteiger partial charge in [0.05, 0.1) is 0 Å². The number of thioether (sulfide) groups is 1. The zero-order valence-electron chi connectivity index (χ0n) is 14.2. The molecule has 1 heterocycles. The van der Waals surface area contributed by atoms with Crippen molar-refractivity contribution in [2.75, 3.05) is 11.1 Å². The molecule has 0 unspecified atom stereocenters. The SMILES string of the molecule is CCSc1ccccc1C(=O)Cc1cc(C)cnc1NC(C)C. The molecule has 0 spiro atoms. The first kappa shape index (κ1) is 17.5. The highest BCUT2D eigenvalue weighted by molar-refractivity contribution is 7.99. The van der Waals surface area contributed by atoms with Crippen LogP contribution in [0.3, 0.4) is 0 Å². The molecule has 23 heavy (non-hydrogen) atoms. The van der Waals surface area contributed by atoms with Crippen LogP contribution in [0, 0.1) is 6.92 Å². The second kappa shape index (κ2) is 8.16. The Kier molecular flexibility index (Phi) is 6.22. The average Bonchev–Trinajstić information content (AvgIpc) is 2.50. The number of anilines is 1. The Morgan fingerprint density at radius 2 is 2.04 bits per heavy atom. The van der Waals surface area contributed by atoms with Crippen LogP contribution < -0.4 is 5.32 Å².